The molecule has 0 aliphatic carbocycles. The Bertz CT molecular complexity index is 1100. The molecule has 3 heterocycles. The van der Waals surface area contributed by atoms with Crippen LogP contribution in [0.2, 0.25) is 0 Å². The fourth-order valence-corrected chi connectivity index (χ4v) is 6.25. The molecule has 5 nitrogen and oxygen atoms in total. The highest BCUT2D eigenvalue weighted by Gasteiger charge is 2.39. The Labute approximate surface area is 207 Å². The minimum atomic E-state index is -0.122. The maximum atomic E-state index is 13.2. The van der Waals surface area contributed by atoms with Crippen molar-refractivity contribution in [3.8, 4) is 0 Å². The molecule has 3 aromatic rings. The Kier molecular flexibility index (Phi) is 6.28. The van der Waals surface area contributed by atoms with Crippen molar-refractivity contribution in [1.82, 2.24) is 15.5 Å². The maximum absolute atomic E-state index is 13.2. The Hall–Kier alpha value is -3.15. The lowest BCUT2D eigenvalue weighted by Gasteiger charge is -2.39. The van der Waals surface area contributed by atoms with Gasteiger partial charge in [-0.1, -0.05) is 78.9 Å². The lowest BCUT2D eigenvalue weighted by Crippen LogP contribution is -2.56. The van der Waals surface area contributed by atoms with E-state index in [0.717, 1.165) is 38.9 Å². The van der Waals surface area contributed by atoms with Crippen LogP contribution in [0.3, 0.4) is 0 Å². The summed E-state index contributed by atoms with van der Waals surface area (Å²) in [5.74, 6) is 0.566. The van der Waals surface area contributed by atoms with Gasteiger partial charge in [0.2, 0.25) is 5.91 Å². The fourth-order valence-electron chi connectivity index (χ4n) is 6.25. The van der Waals surface area contributed by atoms with Crippen LogP contribution < -0.4 is 16.0 Å². The zero-order valence-electron chi connectivity index (χ0n) is 20.1. The van der Waals surface area contributed by atoms with Crippen molar-refractivity contribution >= 4 is 11.6 Å². The number of hydrogen-bond acceptors (Lipinski definition) is 4. The van der Waals surface area contributed by atoms with Crippen molar-refractivity contribution in [2.75, 3.05) is 25.0 Å². The molecule has 3 unspecified atom stereocenters. The minimum absolute atomic E-state index is 0.122. The number of likely N-dealkylation sites (tertiary alicyclic amines) is 1. The molecule has 3 aliphatic rings. The molecule has 2 saturated heterocycles. The Morgan fingerprint density at radius 2 is 1.49 bits per heavy atom. The van der Waals surface area contributed by atoms with Gasteiger partial charge in [0.25, 0.3) is 0 Å². The third kappa shape index (κ3) is 4.58. The number of piperidine rings is 2. The van der Waals surface area contributed by atoms with Gasteiger partial charge < -0.3 is 16.0 Å². The number of nitrogens with zero attached hydrogens (tertiary/aromatic N) is 1. The van der Waals surface area contributed by atoms with E-state index in [1.165, 1.54) is 22.4 Å². The molecule has 0 saturated carbocycles. The molecule has 2 fully saturated rings. The first-order chi connectivity index (χ1) is 17.3. The smallest absolute Gasteiger partial charge is 0.237 e. The lowest BCUT2D eigenvalue weighted by molar-refractivity contribution is -0.124. The van der Waals surface area contributed by atoms with Gasteiger partial charge in [-0.05, 0) is 42.0 Å². The molecule has 5 heteroatoms. The van der Waals surface area contributed by atoms with Crippen molar-refractivity contribution < 1.29 is 4.79 Å². The Morgan fingerprint density at radius 3 is 2.17 bits per heavy atom. The summed E-state index contributed by atoms with van der Waals surface area (Å²) in [7, 11) is 0. The van der Waals surface area contributed by atoms with Crippen LogP contribution in [0.15, 0.2) is 84.9 Å². The van der Waals surface area contributed by atoms with Crippen molar-refractivity contribution in [2.24, 2.45) is 0 Å². The van der Waals surface area contributed by atoms with Gasteiger partial charge in [-0.3, -0.25) is 9.69 Å². The lowest BCUT2D eigenvalue weighted by atomic mass is 9.85. The van der Waals surface area contributed by atoms with Crippen LogP contribution in [0.5, 0.6) is 0 Å². The number of carbonyl (C=O) groups excluding carboxylic acids is 1. The highest BCUT2D eigenvalue weighted by molar-refractivity contribution is 5.82. The van der Waals surface area contributed by atoms with E-state index in [4.69, 9.17) is 0 Å². The second kappa shape index (κ2) is 9.84. The molecule has 0 radical (unpaired) electrons. The monoisotopic (exact) mass is 466 g/mol. The standard InChI is InChI=1S/C30H34N4O/c35-30(27-19-25-24-13-7-8-14-26(24)33-28(25)20-31-27)32-23-15-17-34(18-16-23)29(21-9-3-1-4-10-21)22-11-5-2-6-12-22/h1-14,23,25,27-29,31,33H,15-20H2,(H,32,35). The number of para-hydroxylation sites is 1. The zero-order chi connectivity index (χ0) is 23.6. The summed E-state index contributed by atoms with van der Waals surface area (Å²) in [6, 6.07) is 30.8. The predicted molar refractivity (Wildman–Crippen MR) is 140 cm³/mol. The van der Waals surface area contributed by atoms with Gasteiger partial charge in [-0.15, -0.1) is 0 Å². The SMILES string of the molecule is O=C(NC1CCN(C(c2ccccc2)c2ccccc2)CC1)C1CC2c3ccccc3NC2CN1. The molecule has 180 valence electrons. The van der Waals surface area contributed by atoms with Crippen LogP contribution in [0, 0.1) is 0 Å². The van der Waals surface area contributed by atoms with Crippen LogP contribution in [-0.4, -0.2) is 48.6 Å². The maximum Gasteiger partial charge on any atom is 0.237 e. The van der Waals surface area contributed by atoms with Gasteiger partial charge in [0.15, 0.2) is 0 Å². The average molecular weight is 467 g/mol. The van der Waals surface area contributed by atoms with Crippen LogP contribution in [0.1, 0.15) is 47.9 Å². The summed E-state index contributed by atoms with van der Waals surface area (Å²) >= 11 is 0. The third-order valence-corrected chi connectivity index (χ3v) is 8.05. The van der Waals surface area contributed by atoms with Crippen molar-refractivity contribution in [3.63, 3.8) is 0 Å². The van der Waals surface area contributed by atoms with Gasteiger partial charge >= 0.3 is 0 Å². The van der Waals surface area contributed by atoms with Crippen molar-refractivity contribution in [2.45, 2.75) is 49.3 Å². The molecule has 0 bridgehead atoms. The second-order valence-corrected chi connectivity index (χ2v) is 10.2. The third-order valence-electron chi connectivity index (χ3n) is 8.05. The summed E-state index contributed by atoms with van der Waals surface area (Å²) in [5.41, 5.74) is 5.24. The van der Waals surface area contributed by atoms with E-state index in [-0.39, 0.29) is 24.0 Å². The van der Waals surface area contributed by atoms with E-state index < -0.39 is 0 Å². The summed E-state index contributed by atoms with van der Waals surface area (Å²) in [4.78, 5) is 15.8. The van der Waals surface area contributed by atoms with Crippen LogP contribution in [0.4, 0.5) is 5.69 Å². The average Bonchev–Trinajstić information content (AvgIpc) is 3.29. The van der Waals surface area contributed by atoms with E-state index in [1.54, 1.807) is 0 Å². The summed E-state index contributed by atoms with van der Waals surface area (Å²) < 4.78 is 0. The van der Waals surface area contributed by atoms with E-state index in [0.29, 0.717) is 12.0 Å². The number of fused-ring (bicyclic) bond motifs is 3. The number of hydrogen-bond donors (Lipinski definition) is 3. The van der Waals surface area contributed by atoms with Crippen LogP contribution >= 0.6 is 0 Å². The van der Waals surface area contributed by atoms with Crippen LogP contribution in [-0.2, 0) is 4.79 Å². The van der Waals surface area contributed by atoms with E-state index in [2.05, 4.69) is 106 Å². The number of rotatable bonds is 5. The summed E-state index contributed by atoms with van der Waals surface area (Å²) in [6.07, 6.45) is 2.81. The number of anilines is 1. The number of amides is 1. The van der Waals surface area contributed by atoms with E-state index in [9.17, 15) is 4.79 Å². The highest BCUT2D eigenvalue weighted by Crippen LogP contribution is 2.40. The van der Waals surface area contributed by atoms with Gasteiger partial charge in [-0.2, -0.15) is 0 Å². The molecule has 3 atom stereocenters. The molecule has 0 aromatic heterocycles. The van der Waals surface area contributed by atoms with Gasteiger partial charge in [0, 0.05) is 43.3 Å². The summed E-state index contributed by atoms with van der Waals surface area (Å²) in [5, 5.41) is 10.5. The number of benzene rings is 3. The molecule has 3 aliphatic heterocycles. The van der Waals surface area contributed by atoms with E-state index in [1.807, 2.05) is 0 Å². The molecule has 3 aromatic carbocycles. The van der Waals surface area contributed by atoms with Crippen molar-refractivity contribution in [3.05, 3.63) is 102 Å². The number of nitrogens with one attached hydrogen (secondary N) is 3. The second-order valence-electron chi connectivity index (χ2n) is 10.2. The largest absolute Gasteiger partial charge is 0.380 e. The fraction of sp³-hybridized carbons (Fsp3) is 0.367. The topological polar surface area (TPSA) is 56.4 Å². The first kappa shape index (κ1) is 22.3. The van der Waals surface area contributed by atoms with Gasteiger partial charge in [-0.25, -0.2) is 0 Å². The molecule has 3 N–H and O–H groups in total. The molecule has 6 rings (SSSR count). The van der Waals surface area contributed by atoms with E-state index >= 15 is 0 Å². The highest BCUT2D eigenvalue weighted by atomic mass is 16.2. The first-order valence-electron chi connectivity index (χ1n) is 13.0. The molecule has 1 amide bonds. The first-order valence-corrected chi connectivity index (χ1v) is 13.0. The van der Waals surface area contributed by atoms with Gasteiger partial charge in [0.1, 0.15) is 0 Å². The summed E-state index contributed by atoms with van der Waals surface area (Å²) in [6.45, 7) is 2.77. The van der Waals surface area contributed by atoms with Gasteiger partial charge in [0.05, 0.1) is 12.1 Å². The molecule has 0 spiro atoms. The minimum Gasteiger partial charge on any atom is -0.380 e. The normalized spacial score (nSPS) is 24.4. The van der Waals surface area contributed by atoms with Crippen LogP contribution in [0.25, 0.3) is 0 Å². The molecule has 35 heavy (non-hydrogen) atoms. The predicted octanol–water partition coefficient (Wildman–Crippen LogP) is 4.30. The Balaban J connectivity index is 1.08. The number of carbonyl (C=O) groups is 1. The molecular weight excluding hydrogens is 432 g/mol. The molecular formula is C30H34N4O. The quantitative estimate of drug-likeness (QED) is 0.525. The van der Waals surface area contributed by atoms with Crippen molar-refractivity contribution in [1.29, 1.82) is 0 Å². The Morgan fingerprint density at radius 1 is 0.857 bits per heavy atom. The zero-order valence-corrected chi connectivity index (χ0v) is 20.1.